The Bertz CT molecular complexity index is 3160. The van der Waals surface area contributed by atoms with Gasteiger partial charge in [0.2, 0.25) is 47.3 Å². The molecule has 124 heavy (non-hydrogen) atoms. The maximum absolute atomic E-state index is 14.7. The number of rotatable bonds is 61. The molecule has 0 spiro atoms. The van der Waals surface area contributed by atoms with E-state index in [0.29, 0.717) is 147 Å². The van der Waals surface area contributed by atoms with Crippen LogP contribution in [0, 0.1) is 23.7 Å². The van der Waals surface area contributed by atoms with Gasteiger partial charge in [0, 0.05) is 119 Å². The quantitative estimate of drug-likeness (QED) is 0.0278. The van der Waals surface area contributed by atoms with Gasteiger partial charge in [-0.05, 0) is 114 Å². The van der Waals surface area contributed by atoms with Gasteiger partial charge in [-0.15, -0.1) is 5.10 Å². The number of piperidine rings is 1. The lowest BCUT2D eigenvalue weighted by atomic mass is 9.93. The lowest BCUT2D eigenvalue weighted by molar-refractivity contribution is -0.270. The number of phosphoric acid groups is 1. The van der Waals surface area contributed by atoms with Crippen molar-refractivity contribution in [1.29, 1.82) is 0 Å². The summed E-state index contributed by atoms with van der Waals surface area (Å²) >= 11 is 0. The van der Waals surface area contributed by atoms with Crippen LogP contribution < -0.4 is 37.2 Å². The SMILES string of the molecule is COP(=O)(O)OCCC1C2CCc3nnn(CCCCCCCCC(=O)N4CCC(C(=O)NC(COCCC(=O)NCCCCCCOC5OC(CO)C(O)C(O)C5NC(C)=O)(COCCC(=O)NCCCCCCOC5OC(CO)C(O)C(O)C5NC(C)=O)COCCC(=O)NCCCCCCOC5OC(CO)C(O)C(O)C5NC(C)=O)CC4)c3CCC12. The van der Waals surface area contributed by atoms with Gasteiger partial charge in [-0.1, -0.05) is 69.4 Å². The van der Waals surface area contributed by atoms with E-state index >= 15 is 0 Å². The van der Waals surface area contributed by atoms with Crippen molar-refractivity contribution in [2.45, 2.75) is 311 Å². The molecular formula is C82H144N11O30P. The third-order valence-corrected chi connectivity index (χ3v) is 24.7. The number of aryl methyl sites for hydroxylation is 2. The van der Waals surface area contributed by atoms with Gasteiger partial charge in [0.15, 0.2) is 18.9 Å². The average Bonchev–Trinajstić information content (AvgIpc) is 1.60. The maximum Gasteiger partial charge on any atom is 0.471 e. The monoisotopic (exact) mass is 1790 g/mol. The maximum atomic E-state index is 14.7. The molecule has 1 saturated carbocycles. The first-order valence-corrected chi connectivity index (χ1v) is 46.2. The Morgan fingerprint density at radius 3 is 1.27 bits per heavy atom. The first-order valence-electron chi connectivity index (χ1n) is 44.7. The van der Waals surface area contributed by atoms with Gasteiger partial charge in [-0.25, -0.2) is 9.25 Å². The summed E-state index contributed by atoms with van der Waals surface area (Å²) in [5.74, 6) is -1.63. The molecule has 17 N–H and O–H groups in total. The highest BCUT2D eigenvalue weighted by molar-refractivity contribution is 7.47. The summed E-state index contributed by atoms with van der Waals surface area (Å²) in [7, 11) is -2.84. The number of phosphoric ester groups is 1. The van der Waals surface area contributed by atoms with Crippen LogP contribution in [0.4, 0.5) is 0 Å². The lowest BCUT2D eigenvalue weighted by Gasteiger charge is -2.42. The van der Waals surface area contributed by atoms with Gasteiger partial charge in [0.05, 0.1) is 77.5 Å². The van der Waals surface area contributed by atoms with Crippen molar-refractivity contribution in [3.05, 3.63) is 11.4 Å². The number of aromatic nitrogens is 3. The molecule has 1 aromatic heterocycles. The molecule has 0 bridgehead atoms. The molecule has 42 heteroatoms. The van der Waals surface area contributed by atoms with Crippen LogP contribution in [0.5, 0.6) is 0 Å². The van der Waals surface area contributed by atoms with E-state index in [0.717, 1.165) is 90.0 Å². The van der Waals surface area contributed by atoms with Crippen LogP contribution in [0.1, 0.15) is 206 Å². The Morgan fingerprint density at radius 2 is 0.871 bits per heavy atom. The number of unbranched alkanes of at least 4 members (excludes halogenated alkanes) is 14. The zero-order valence-corrected chi connectivity index (χ0v) is 73.7. The second-order valence-electron chi connectivity index (χ2n) is 33.5. The van der Waals surface area contributed by atoms with Crippen LogP contribution in [0.3, 0.4) is 0 Å². The minimum absolute atomic E-state index is 0.0180. The van der Waals surface area contributed by atoms with Gasteiger partial charge in [-0.3, -0.25) is 47.4 Å². The Hall–Kier alpha value is -5.71. The second kappa shape index (κ2) is 56.7. The van der Waals surface area contributed by atoms with Gasteiger partial charge < -0.3 is 136 Å². The topological polar surface area (TPSA) is 576 Å². The average molecular weight is 1800 g/mol. The van der Waals surface area contributed by atoms with Crippen molar-refractivity contribution in [3.8, 4) is 0 Å². The fourth-order valence-corrected chi connectivity index (χ4v) is 17.0. The molecule has 6 aliphatic rings. The Morgan fingerprint density at radius 1 is 0.484 bits per heavy atom. The first-order chi connectivity index (χ1) is 59.6. The molecule has 4 saturated heterocycles. The minimum atomic E-state index is -4.00. The van der Waals surface area contributed by atoms with Crippen LogP contribution in [0.15, 0.2) is 0 Å². The summed E-state index contributed by atoms with van der Waals surface area (Å²) in [5.41, 5.74) is 0.822. The number of fused-ring (bicyclic) bond motifs is 2. The summed E-state index contributed by atoms with van der Waals surface area (Å²) in [6, 6.07) is -3.19. The molecule has 2 aliphatic carbocycles. The van der Waals surface area contributed by atoms with Crippen molar-refractivity contribution < 1.29 is 145 Å². The van der Waals surface area contributed by atoms with E-state index in [4.69, 9.17) is 47.2 Å². The predicted octanol–water partition coefficient (Wildman–Crippen LogP) is -0.872. The van der Waals surface area contributed by atoms with Gasteiger partial charge in [0.1, 0.15) is 78.6 Å². The largest absolute Gasteiger partial charge is 0.471 e. The Labute approximate surface area is 726 Å². The highest BCUT2D eigenvalue weighted by Gasteiger charge is 2.51. The molecule has 8 amide bonds. The number of aliphatic hydroxyl groups is 9. The van der Waals surface area contributed by atoms with E-state index in [9.17, 15) is 93.8 Å². The van der Waals surface area contributed by atoms with E-state index in [1.54, 1.807) is 4.90 Å². The van der Waals surface area contributed by atoms with E-state index in [2.05, 4.69) is 56.7 Å². The van der Waals surface area contributed by atoms with Crippen molar-refractivity contribution in [1.82, 2.24) is 57.1 Å². The number of hydrogen-bond acceptors (Lipinski definition) is 31. The van der Waals surface area contributed by atoms with E-state index < -0.39 is 149 Å². The van der Waals surface area contributed by atoms with Gasteiger partial charge in [0.25, 0.3) is 0 Å². The smallest absolute Gasteiger partial charge is 0.394 e. The summed E-state index contributed by atoms with van der Waals surface area (Å²) in [5, 5.41) is 120. The third kappa shape index (κ3) is 36.3. The van der Waals surface area contributed by atoms with E-state index in [1.807, 2.05) is 0 Å². The molecular weight excluding hydrogens is 1650 g/mol. The van der Waals surface area contributed by atoms with Crippen LogP contribution in [-0.4, -0.2) is 341 Å². The number of ether oxygens (including phenoxy) is 9. The fourth-order valence-electron chi connectivity index (χ4n) is 16.6. The molecule has 19 unspecified atom stereocenters. The van der Waals surface area contributed by atoms with E-state index in [1.165, 1.54) is 26.5 Å². The highest BCUT2D eigenvalue weighted by Crippen LogP contribution is 2.55. The normalized spacial score (nSPS) is 27.4. The number of aliphatic hydroxyl groups excluding tert-OH is 9. The number of carbonyl (C=O) groups is 8. The van der Waals surface area contributed by atoms with E-state index in [-0.39, 0.29) is 115 Å². The molecule has 0 aromatic carbocycles. The Balaban J connectivity index is 0.891. The summed E-state index contributed by atoms with van der Waals surface area (Å²) in [6.45, 7) is 4.30. The van der Waals surface area contributed by atoms with Crippen LogP contribution in [0.2, 0.25) is 0 Å². The third-order valence-electron chi connectivity index (χ3n) is 23.7. The number of carbonyl (C=O) groups excluding carboxylic acids is 8. The molecule has 5 heterocycles. The van der Waals surface area contributed by atoms with Crippen LogP contribution in [-0.2, 0) is 114 Å². The fraction of sp³-hybridized carbons (Fsp3) is 0.878. The van der Waals surface area contributed by atoms with Crippen molar-refractivity contribution in [2.75, 3.05) is 126 Å². The minimum Gasteiger partial charge on any atom is -0.394 e. The van der Waals surface area contributed by atoms with Gasteiger partial charge >= 0.3 is 7.82 Å². The summed E-state index contributed by atoms with van der Waals surface area (Å²) < 4.78 is 76.6. The number of amides is 8. The molecule has 4 aliphatic heterocycles. The van der Waals surface area contributed by atoms with Gasteiger partial charge in [-0.2, -0.15) is 0 Å². The summed E-state index contributed by atoms with van der Waals surface area (Å²) in [4.78, 5) is 115. The number of nitrogens with one attached hydrogen (secondary N) is 7. The summed E-state index contributed by atoms with van der Waals surface area (Å²) in [6.07, 6.45) is 3.29. The lowest BCUT2D eigenvalue weighted by Crippen LogP contribution is -2.64. The highest BCUT2D eigenvalue weighted by atomic mass is 31.2. The molecule has 41 nitrogen and oxygen atoms in total. The zero-order valence-electron chi connectivity index (χ0n) is 72.8. The van der Waals surface area contributed by atoms with Crippen LogP contribution in [0.25, 0.3) is 0 Å². The van der Waals surface area contributed by atoms with Crippen LogP contribution >= 0.6 is 7.82 Å². The first kappa shape index (κ1) is 105. The molecule has 5 fully saturated rings. The molecule has 19 atom stereocenters. The van der Waals surface area contributed by atoms with Crippen molar-refractivity contribution in [3.63, 3.8) is 0 Å². The molecule has 712 valence electrons. The Kier molecular flexibility index (Phi) is 48.1. The standard InChI is InChI=1S/C82H144N11O30P/c1-53(97)86-69-75(107)72(104)62(47-94)121-79(69)117-40-20-12-8-16-34-83-65(100)31-43-114-50-82(51-115-44-32-66(101)84-35-17-9-13-21-41-118-80-70(87-54(2)98)76(108)73(105)63(48-95)122-80,52-116-45-33-67(102)85-36-18-10-14-22-42-119-81-71(88-55(3)99)77(109)74(106)64(49-96)123-81)89-78(110)56-28-38-92(39-29-56)68(103)23-15-7-5-6-11-19-37-93-61-27-25-58-57(24-26-60(61)90-91-93)59(58)30-46-120-124(111,112)113-4/h56-59,62-64,69-77,79-81,94-96,104-109H,5-52H2,1-4H3,(H,83,100)(H,84,101)(H,85,102)(H,86,97)(H,87,98)(H,88,99)(H,89,110)(H,111,112). The second-order valence-corrected chi connectivity index (χ2v) is 35.0. The molecule has 1 aromatic rings. The van der Waals surface area contributed by atoms with Crippen molar-refractivity contribution >= 4 is 55.1 Å². The molecule has 0 radical (unpaired) electrons. The van der Waals surface area contributed by atoms with Crippen molar-refractivity contribution in [2.24, 2.45) is 23.7 Å². The predicted molar refractivity (Wildman–Crippen MR) is 442 cm³/mol. The number of nitrogens with zero attached hydrogens (tertiary/aromatic N) is 4. The number of likely N-dealkylation sites (tertiary alicyclic amines) is 1. The molecule has 7 rings (SSSR count). The number of hydrogen-bond donors (Lipinski definition) is 17. The zero-order chi connectivity index (χ0) is 90.0.